The second kappa shape index (κ2) is 3.95. The summed E-state index contributed by atoms with van der Waals surface area (Å²) in [6, 6.07) is 11.1. The van der Waals surface area contributed by atoms with Crippen LogP contribution in [0.25, 0.3) is 0 Å². The van der Waals surface area contributed by atoms with E-state index in [1.165, 1.54) is 23.2 Å². The Morgan fingerprint density at radius 1 is 1.12 bits per heavy atom. The van der Waals surface area contributed by atoms with Gasteiger partial charge < -0.3 is 4.90 Å². The molecule has 0 unspecified atom stereocenters. The van der Waals surface area contributed by atoms with Gasteiger partial charge >= 0.3 is 0 Å². The minimum Gasteiger partial charge on any atom is -0.367 e. The van der Waals surface area contributed by atoms with E-state index in [4.69, 9.17) is 0 Å². The van der Waals surface area contributed by atoms with Crippen molar-refractivity contribution in [1.29, 1.82) is 0 Å². The number of nitrogens with zero attached hydrogens (tertiary/aromatic N) is 1. The molecule has 0 amide bonds. The van der Waals surface area contributed by atoms with Crippen LogP contribution in [0.3, 0.4) is 0 Å². The quantitative estimate of drug-likeness (QED) is 0.722. The van der Waals surface area contributed by atoms with Crippen molar-refractivity contribution in [1.82, 2.24) is 0 Å². The maximum atomic E-state index is 2.47. The van der Waals surface area contributed by atoms with E-state index in [0.29, 0.717) is 0 Å². The van der Waals surface area contributed by atoms with Crippen molar-refractivity contribution >= 4 is 17.0 Å². The summed E-state index contributed by atoms with van der Waals surface area (Å²) in [6.45, 7) is 4.36. The van der Waals surface area contributed by atoms with E-state index >= 15 is 0 Å². The number of hydrogen-bond acceptors (Lipinski definition) is 2. The monoisotopic (exact) mass is 229 g/mol. The lowest BCUT2D eigenvalue weighted by Gasteiger charge is -2.29. The van der Waals surface area contributed by atoms with Gasteiger partial charge in [-0.05, 0) is 42.5 Å². The number of benzene rings is 1. The zero-order valence-corrected chi connectivity index (χ0v) is 10.3. The van der Waals surface area contributed by atoms with Crippen molar-refractivity contribution < 1.29 is 0 Å². The molecule has 1 aliphatic rings. The lowest BCUT2D eigenvalue weighted by Crippen LogP contribution is -2.29. The number of anilines is 1. The van der Waals surface area contributed by atoms with Crippen LogP contribution in [0.15, 0.2) is 35.7 Å². The summed E-state index contributed by atoms with van der Waals surface area (Å²) in [5.74, 6) is 0. The first-order valence-corrected chi connectivity index (χ1v) is 6.58. The Kier molecular flexibility index (Phi) is 2.44. The second-order valence-electron chi connectivity index (χ2n) is 4.38. The van der Waals surface area contributed by atoms with Crippen LogP contribution >= 0.6 is 11.3 Å². The summed E-state index contributed by atoms with van der Waals surface area (Å²) in [5, 5.41) is 2.21. The maximum Gasteiger partial charge on any atom is 0.0440 e. The molecule has 0 aliphatic carbocycles. The highest BCUT2D eigenvalue weighted by Crippen LogP contribution is 2.27. The maximum absolute atomic E-state index is 2.47. The van der Waals surface area contributed by atoms with Gasteiger partial charge in [-0.15, -0.1) is 11.3 Å². The first kappa shape index (κ1) is 9.91. The summed E-state index contributed by atoms with van der Waals surface area (Å²) in [5.41, 5.74) is 4.19. The Labute approximate surface area is 100 Å². The van der Waals surface area contributed by atoms with Crippen LogP contribution in [-0.4, -0.2) is 6.54 Å². The van der Waals surface area contributed by atoms with E-state index in [0.717, 1.165) is 13.1 Å². The van der Waals surface area contributed by atoms with Gasteiger partial charge in [-0.3, -0.25) is 0 Å². The normalized spacial score (nSPS) is 14.9. The molecule has 16 heavy (non-hydrogen) atoms. The van der Waals surface area contributed by atoms with E-state index in [-0.39, 0.29) is 0 Å². The molecule has 1 aromatic carbocycles. The van der Waals surface area contributed by atoms with Crippen molar-refractivity contribution in [2.75, 3.05) is 11.4 Å². The highest BCUT2D eigenvalue weighted by atomic mass is 32.1. The predicted molar refractivity (Wildman–Crippen MR) is 70.3 cm³/mol. The average molecular weight is 229 g/mol. The van der Waals surface area contributed by atoms with E-state index < -0.39 is 0 Å². The van der Waals surface area contributed by atoms with E-state index in [2.05, 4.69) is 47.5 Å². The molecule has 0 N–H and O–H groups in total. The van der Waals surface area contributed by atoms with Crippen LogP contribution in [0, 0.1) is 6.92 Å². The Morgan fingerprint density at radius 2 is 1.94 bits per heavy atom. The summed E-state index contributed by atoms with van der Waals surface area (Å²) in [4.78, 5) is 4.04. The largest absolute Gasteiger partial charge is 0.367 e. The molecule has 1 nitrogen and oxygen atoms in total. The summed E-state index contributed by atoms with van der Waals surface area (Å²) in [6.07, 6.45) is 1.20. The fourth-order valence-electron chi connectivity index (χ4n) is 2.22. The van der Waals surface area contributed by atoms with Crippen molar-refractivity contribution in [3.63, 3.8) is 0 Å². The Bertz CT molecular complexity index is 484. The van der Waals surface area contributed by atoms with Gasteiger partial charge in [-0.2, -0.15) is 0 Å². The number of aryl methyl sites for hydroxylation is 1. The van der Waals surface area contributed by atoms with Crippen molar-refractivity contribution in [3.8, 4) is 0 Å². The predicted octanol–water partition coefficient (Wildman–Crippen LogP) is 3.62. The summed E-state index contributed by atoms with van der Waals surface area (Å²) in [7, 11) is 0. The zero-order valence-electron chi connectivity index (χ0n) is 9.44. The molecule has 0 saturated carbocycles. The van der Waals surface area contributed by atoms with Gasteiger partial charge in [0.1, 0.15) is 0 Å². The fraction of sp³-hybridized carbons (Fsp3) is 0.286. The smallest absolute Gasteiger partial charge is 0.0440 e. The highest BCUT2D eigenvalue weighted by molar-refractivity contribution is 7.10. The van der Waals surface area contributed by atoms with E-state index in [1.54, 1.807) is 4.88 Å². The van der Waals surface area contributed by atoms with Crippen molar-refractivity contribution in [2.45, 2.75) is 19.9 Å². The Hall–Kier alpha value is -1.28. The van der Waals surface area contributed by atoms with Crippen LogP contribution in [0.2, 0.25) is 0 Å². The van der Waals surface area contributed by atoms with Crippen LogP contribution in [0.4, 0.5) is 5.69 Å². The lowest BCUT2D eigenvalue weighted by molar-refractivity contribution is 0.744. The molecule has 2 heteroatoms. The zero-order chi connectivity index (χ0) is 11.0. The van der Waals surface area contributed by atoms with Crippen LogP contribution < -0.4 is 4.90 Å². The van der Waals surface area contributed by atoms with Crippen LogP contribution in [0.5, 0.6) is 0 Å². The number of rotatable bonds is 1. The van der Waals surface area contributed by atoms with Gasteiger partial charge in [0.15, 0.2) is 0 Å². The van der Waals surface area contributed by atoms with Crippen LogP contribution in [0.1, 0.15) is 16.0 Å². The van der Waals surface area contributed by atoms with Gasteiger partial charge in [0.25, 0.3) is 0 Å². The minimum absolute atomic E-state index is 1.07. The molecular formula is C14H15NS. The molecule has 0 spiro atoms. The first-order valence-electron chi connectivity index (χ1n) is 5.70. The van der Waals surface area contributed by atoms with Gasteiger partial charge in [-0.25, -0.2) is 0 Å². The van der Waals surface area contributed by atoms with E-state index in [1.807, 2.05) is 11.3 Å². The van der Waals surface area contributed by atoms with Crippen molar-refractivity contribution in [2.24, 2.45) is 0 Å². The van der Waals surface area contributed by atoms with Gasteiger partial charge in [0.05, 0.1) is 0 Å². The molecule has 0 saturated heterocycles. The molecule has 82 valence electrons. The standard InChI is InChI=1S/C14H15NS/c1-11-2-4-13(5-3-11)15-8-6-14-12(10-15)7-9-16-14/h2-5,7,9H,6,8,10H2,1H3. The number of thiophene rings is 1. The third-order valence-corrected chi connectivity index (χ3v) is 4.23. The summed E-state index contributed by atoms with van der Waals surface area (Å²) < 4.78 is 0. The minimum atomic E-state index is 1.07. The Balaban J connectivity index is 1.86. The molecule has 0 atom stereocenters. The first-order chi connectivity index (χ1) is 7.83. The van der Waals surface area contributed by atoms with Gasteiger partial charge in [0, 0.05) is 23.7 Å². The highest BCUT2D eigenvalue weighted by Gasteiger charge is 2.16. The van der Waals surface area contributed by atoms with Crippen LogP contribution in [-0.2, 0) is 13.0 Å². The number of fused-ring (bicyclic) bond motifs is 1. The molecule has 1 aliphatic heterocycles. The molecule has 0 fully saturated rings. The van der Waals surface area contributed by atoms with Gasteiger partial charge in [-0.1, -0.05) is 17.7 Å². The topological polar surface area (TPSA) is 3.24 Å². The molecule has 1 aromatic heterocycles. The molecule has 0 radical (unpaired) electrons. The Morgan fingerprint density at radius 3 is 2.75 bits per heavy atom. The molecule has 2 heterocycles. The van der Waals surface area contributed by atoms with Gasteiger partial charge in [0.2, 0.25) is 0 Å². The van der Waals surface area contributed by atoms with E-state index in [9.17, 15) is 0 Å². The molecule has 3 rings (SSSR count). The SMILES string of the molecule is Cc1ccc(N2CCc3sccc3C2)cc1. The summed E-state index contributed by atoms with van der Waals surface area (Å²) >= 11 is 1.90. The molecule has 2 aromatic rings. The number of hydrogen-bond donors (Lipinski definition) is 0. The molecular weight excluding hydrogens is 214 g/mol. The third kappa shape index (κ3) is 1.74. The fourth-order valence-corrected chi connectivity index (χ4v) is 3.11. The molecule has 0 bridgehead atoms. The third-order valence-electron chi connectivity index (χ3n) is 3.21. The second-order valence-corrected chi connectivity index (χ2v) is 5.38. The average Bonchev–Trinajstić information content (AvgIpc) is 2.77. The van der Waals surface area contributed by atoms with Crippen molar-refractivity contribution in [3.05, 3.63) is 51.7 Å². The lowest BCUT2D eigenvalue weighted by atomic mass is 10.1.